The summed E-state index contributed by atoms with van der Waals surface area (Å²) < 4.78 is 3.67. The average molecular weight is 370 g/mol. The summed E-state index contributed by atoms with van der Waals surface area (Å²) >= 11 is 3.63. The highest BCUT2D eigenvalue weighted by Gasteiger charge is 2.24. The van der Waals surface area contributed by atoms with Gasteiger partial charge in [0.25, 0.3) is 0 Å². The number of hydrogen-bond acceptors (Lipinski definition) is 2. The molecule has 1 aliphatic heterocycles. The van der Waals surface area contributed by atoms with Gasteiger partial charge in [0.2, 0.25) is 0 Å². The van der Waals surface area contributed by atoms with E-state index in [2.05, 4.69) is 68.1 Å². The minimum Gasteiger partial charge on any atom is -0.344 e. The van der Waals surface area contributed by atoms with Crippen LogP contribution in [0.1, 0.15) is 29.8 Å². The first kappa shape index (κ1) is 14.9. The van der Waals surface area contributed by atoms with Crippen LogP contribution in [-0.4, -0.2) is 16.1 Å². The highest BCUT2D eigenvalue weighted by Crippen LogP contribution is 2.35. The Labute approximate surface area is 144 Å². The largest absolute Gasteiger partial charge is 0.344 e. The van der Waals surface area contributed by atoms with Crippen molar-refractivity contribution in [2.75, 3.05) is 6.54 Å². The Morgan fingerprint density at radius 2 is 2.09 bits per heavy atom. The Hall–Kier alpha value is -1.65. The van der Waals surface area contributed by atoms with Crippen molar-refractivity contribution in [2.24, 2.45) is 0 Å². The van der Waals surface area contributed by atoms with E-state index in [1.165, 1.54) is 27.7 Å². The van der Waals surface area contributed by atoms with Crippen molar-refractivity contribution in [3.8, 4) is 0 Å². The van der Waals surface area contributed by atoms with Crippen molar-refractivity contribution < 1.29 is 0 Å². The number of halogens is 1. The lowest BCUT2D eigenvalue weighted by Crippen LogP contribution is -2.28. The molecule has 3 nitrogen and oxygen atoms in total. The van der Waals surface area contributed by atoms with E-state index >= 15 is 0 Å². The Kier molecular flexibility index (Phi) is 3.95. The molecule has 0 fully saturated rings. The summed E-state index contributed by atoms with van der Waals surface area (Å²) in [7, 11) is 0. The number of nitrogens with one attached hydrogen (secondary N) is 1. The van der Waals surface area contributed by atoms with Crippen LogP contribution in [0, 0.1) is 0 Å². The number of nitrogens with zero attached hydrogens (tertiary/aromatic N) is 2. The van der Waals surface area contributed by atoms with Crippen molar-refractivity contribution in [2.45, 2.75) is 32.4 Å². The van der Waals surface area contributed by atoms with Crippen molar-refractivity contribution in [3.63, 3.8) is 0 Å². The normalized spacial score (nSPS) is 17.4. The summed E-state index contributed by atoms with van der Waals surface area (Å²) in [6.45, 7) is 4.34. The van der Waals surface area contributed by atoms with Crippen LogP contribution in [0.4, 0.5) is 0 Å². The molecule has 0 spiro atoms. The Balaban J connectivity index is 1.79. The maximum atomic E-state index is 4.11. The fraction of sp³-hybridized carbons (Fsp3) is 0.316. The lowest BCUT2D eigenvalue weighted by atomic mass is 9.99. The predicted molar refractivity (Wildman–Crippen MR) is 97.7 cm³/mol. The molecule has 0 saturated heterocycles. The molecule has 1 N–H and O–H groups in total. The number of rotatable bonds is 3. The van der Waals surface area contributed by atoms with E-state index in [0.717, 1.165) is 30.4 Å². The number of benzene rings is 1. The fourth-order valence-electron chi connectivity index (χ4n) is 3.71. The minimum atomic E-state index is 0.415. The number of hydrogen-bond donors (Lipinski definition) is 1. The molecule has 1 atom stereocenters. The van der Waals surface area contributed by atoms with E-state index in [-0.39, 0.29) is 0 Å². The molecule has 0 aliphatic carbocycles. The number of aromatic nitrogens is 2. The van der Waals surface area contributed by atoms with Crippen molar-refractivity contribution in [1.82, 2.24) is 14.9 Å². The van der Waals surface area contributed by atoms with Gasteiger partial charge in [-0.15, -0.1) is 0 Å². The molecule has 3 heterocycles. The van der Waals surface area contributed by atoms with Gasteiger partial charge in [0, 0.05) is 59.0 Å². The van der Waals surface area contributed by atoms with Gasteiger partial charge in [-0.25, -0.2) is 0 Å². The van der Waals surface area contributed by atoms with Crippen molar-refractivity contribution in [1.29, 1.82) is 0 Å². The van der Waals surface area contributed by atoms with Gasteiger partial charge in [-0.1, -0.05) is 15.9 Å². The topological polar surface area (TPSA) is 29.9 Å². The third-order valence-corrected chi connectivity index (χ3v) is 5.29. The summed E-state index contributed by atoms with van der Waals surface area (Å²) in [6, 6.07) is 11.3. The predicted octanol–water partition coefficient (Wildman–Crippen LogP) is 4.25. The van der Waals surface area contributed by atoms with E-state index in [1.807, 2.05) is 12.4 Å². The second-order valence-corrected chi connectivity index (χ2v) is 7.12. The van der Waals surface area contributed by atoms with Crippen LogP contribution in [0.2, 0.25) is 0 Å². The van der Waals surface area contributed by atoms with Gasteiger partial charge in [0.05, 0.1) is 0 Å². The van der Waals surface area contributed by atoms with Crippen LogP contribution in [0.25, 0.3) is 10.9 Å². The minimum absolute atomic E-state index is 0.415. The van der Waals surface area contributed by atoms with Gasteiger partial charge in [0.15, 0.2) is 0 Å². The van der Waals surface area contributed by atoms with E-state index in [9.17, 15) is 0 Å². The zero-order valence-electron chi connectivity index (χ0n) is 13.2. The number of fused-ring (bicyclic) bond motifs is 3. The smallest absolute Gasteiger partial charge is 0.0486 e. The lowest BCUT2D eigenvalue weighted by Gasteiger charge is -2.23. The quantitative estimate of drug-likeness (QED) is 0.747. The monoisotopic (exact) mass is 369 g/mol. The standard InChI is InChI=1S/C19H20BrN3/c1-13-19-16-12-15(20)2-3-17(16)23(18(19)6-10-22-13)11-7-14-4-8-21-9-5-14/h2-5,8-9,12-13,22H,6-7,10-11H2,1H3. The molecule has 0 bridgehead atoms. The van der Waals surface area contributed by atoms with Crippen LogP contribution < -0.4 is 5.32 Å². The summed E-state index contributed by atoms with van der Waals surface area (Å²) in [5, 5.41) is 4.98. The molecule has 0 saturated carbocycles. The van der Waals surface area contributed by atoms with Crippen LogP contribution in [0.15, 0.2) is 47.2 Å². The molecule has 0 radical (unpaired) electrons. The summed E-state index contributed by atoms with van der Waals surface area (Å²) in [5.41, 5.74) is 5.66. The highest BCUT2D eigenvalue weighted by atomic mass is 79.9. The van der Waals surface area contributed by atoms with Crippen LogP contribution >= 0.6 is 15.9 Å². The summed E-state index contributed by atoms with van der Waals surface area (Å²) in [6.07, 6.45) is 5.89. The molecular weight excluding hydrogens is 350 g/mol. The summed E-state index contributed by atoms with van der Waals surface area (Å²) in [5.74, 6) is 0. The third kappa shape index (κ3) is 2.70. The summed E-state index contributed by atoms with van der Waals surface area (Å²) in [4.78, 5) is 4.11. The molecule has 1 aromatic carbocycles. The molecule has 23 heavy (non-hydrogen) atoms. The third-order valence-electron chi connectivity index (χ3n) is 4.80. The maximum Gasteiger partial charge on any atom is 0.0486 e. The maximum absolute atomic E-state index is 4.11. The van der Waals surface area contributed by atoms with Crippen molar-refractivity contribution >= 4 is 26.8 Å². The zero-order chi connectivity index (χ0) is 15.8. The SMILES string of the molecule is CC1NCCc2c1c1cc(Br)ccc1n2CCc1ccncc1. The van der Waals surface area contributed by atoms with E-state index in [4.69, 9.17) is 0 Å². The molecule has 118 valence electrons. The number of aryl methyl sites for hydroxylation is 2. The van der Waals surface area contributed by atoms with E-state index < -0.39 is 0 Å². The average Bonchev–Trinajstić information content (AvgIpc) is 2.88. The van der Waals surface area contributed by atoms with Gasteiger partial charge in [-0.05, 0) is 54.8 Å². The second-order valence-electron chi connectivity index (χ2n) is 6.20. The van der Waals surface area contributed by atoms with Gasteiger partial charge in [0.1, 0.15) is 0 Å². The van der Waals surface area contributed by atoms with E-state index in [0.29, 0.717) is 6.04 Å². The molecular formula is C19H20BrN3. The molecule has 1 aliphatic rings. The first-order valence-corrected chi connectivity index (χ1v) is 8.96. The van der Waals surface area contributed by atoms with Gasteiger partial charge in [-0.3, -0.25) is 4.98 Å². The van der Waals surface area contributed by atoms with Gasteiger partial charge >= 0.3 is 0 Å². The highest BCUT2D eigenvalue weighted by molar-refractivity contribution is 9.10. The van der Waals surface area contributed by atoms with Crippen LogP contribution in [0.5, 0.6) is 0 Å². The van der Waals surface area contributed by atoms with Crippen LogP contribution in [0.3, 0.4) is 0 Å². The first-order chi connectivity index (χ1) is 11.2. The molecule has 4 heteroatoms. The molecule has 3 aromatic rings. The van der Waals surface area contributed by atoms with Gasteiger partial charge in [-0.2, -0.15) is 0 Å². The Morgan fingerprint density at radius 1 is 1.26 bits per heavy atom. The lowest BCUT2D eigenvalue weighted by molar-refractivity contribution is 0.521. The van der Waals surface area contributed by atoms with Crippen molar-refractivity contribution in [3.05, 3.63) is 64.0 Å². The zero-order valence-corrected chi connectivity index (χ0v) is 14.8. The van der Waals surface area contributed by atoms with Crippen LogP contribution in [-0.2, 0) is 19.4 Å². The first-order valence-electron chi connectivity index (χ1n) is 8.17. The molecule has 1 unspecified atom stereocenters. The second kappa shape index (κ2) is 6.10. The number of pyridine rings is 1. The molecule has 4 rings (SSSR count). The Bertz CT molecular complexity index is 839. The van der Waals surface area contributed by atoms with E-state index in [1.54, 1.807) is 0 Å². The Morgan fingerprint density at radius 3 is 2.91 bits per heavy atom. The van der Waals surface area contributed by atoms with Gasteiger partial charge < -0.3 is 9.88 Å². The molecule has 0 amide bonds. The molecule has 2 aromatic heterocycles. The fourth-order valence-corrected chi connectivity index (χ4v) is 4.07.